The summed E-state index contributed by atoms with van der Waals surface area (Å²) in [6, 6.07) is 6.71. The summed E-state index contributed by atoms with van der Waals surface area (Å²) < 4.78 is 36.9. The molecule has 0 atom stereocenters. The van der Waals surface area contributed by atoms with E-state index in [0.717, 1.165) is 25.0 Å². The van der Waals surface area contributed by atoms with Gasteiger partial charge >= 0.3 is 0 Å². The Hall–Kier alpha value is -1.41. The van der Waals surface area contributed by atoms with Crippen molar-refractivity contribution < 1.29 is 12.8 Å². The fourth-order valence-electron chi connectivity index (χ4n) is 3.08. The van der Waals surface area contributed by atoms with Gasteiger partial charge in [0.15, 0.2) is 14.6 Å². The second kappa shape index (κ2) is 4.85. The van der Waals surface area contributed by atoms with Crippen molar-refractivity contribution in [3.05, 3.63) is 30.1 Å². The highest BCUT2D eigenvalue weighted by atomic mass is 32.2. The Balaban J connectivity index is 2.39. The van der Waals surface area contributed by atoms with E-state index in [-0.39, 0.29) is 10.3 Å². The predicted octanol–water partition coefficient (Wildman–Crippen LogP) is 3.46. The van der Waals surface area contributed by atoms with Crippen molar-refractivity contribution >= 4 is 9.84 Å². The second-order valence-corrected chi connectivity index (χ2v) is 7.88. The number of hydrogen-bond donors (Lipinski definition) is 0. The average molecular weight is 295 g/mol. The second-order valence-electron chi connectivity index (χ2n) is 5.62. The van der Waals surface area contributed by atoms with Gasteiger partial charge in [0.1, 0.15) is 5.82 Å². The van der Waals surface area contributed by atoms with Gasteiger partial charge in [-0.05, 0) is 42.5 Å². The normalized spacial score (nSPS) is 19.9. The van der Waals surface area contributed by atoms with Crippen LogP contribution in [0.15, 0.2) is 29.2 Å². The van der Waals surface area contributed by atoms with Crippen molar-refractivity contribution in [1.29, 1.82) is 5.26 Å². The number of benzene rings is 1. The molecule has 5 heteroatoms. The van der Waals surface area contributed by atoms with E-state index >= 15 is 0 Å². The van der Waals surface area contributed by atoms with Gasteiger partial charge in [-0.3, -0.25) is 0 Å². The first kappa shape index (κ1) is 15.0. The van der Waals surface area contributed by atoms with Crippen molar-refractivity contribution in [2.24, 2.45) is 5.41 Å². The number of halogens is 1. The molecule has 0 aliphatic heterocycles. The molecule has 20 heavy (non-hydrogen) atoms. The van der Waals surface area contributed by atoms with Crippen LogP contribution in [0.2, 0.25) is 0 Å². The molecule has 1 fully saturated rings. The van der Waals surface area contributed by atoms with E-state index in [2.05, 4.69) is 0 Å². The van der Waals surface area contributed by atoms with Gasteiger partial charge in [0.05, 0.1) is 11.0 Å². The maximum Gasteiger partial charge on any atom is 0.197 e. The zero-order valence-corrected chi connectivity index (χ0v) is 12.5. The molecule has 108 valence electrons. The molecular formula is C15H18FNO2S. The highest BCUT2D eigenvalue weighted by Gasteiger charge is 2.61. The maximum absolute atomic E-state index is 12.9. The molecule has 1 aromatic rings. The monoisotopic (exact) mass is 295 g/mol. The molecule has 2 rings (SSSR count). The third kappa shape index (κ3) is 2.03. The summed E-state index contributed by atoms with van der Waals surface area (Å²) in [6.45, 7) is 4.05. The topological polar surface area (TPSA) is 57.9 Å². The van der Waals surface area contributed by atoms with Gasteiger partial charge in [-0.1, -0.05) is 26.7 Å². The van der Waals surface area contributed by atoms with Crippen LogP contribution < -0.4 is 0 Å². The molecule has 0 spiro atoms. The first-order chi connectivity index (χ1) is 9.35. The highest BCUT2D eigenvalue weighted by molar-refractivity contribution is 7.93. The largest absolute Gasteiger partial charge is 0.222 e. The van der Waals surface area contributed by atoms with E-state index in [0.29, 0.717) is 12.8 Å². The highest BCUT2D eigenvalue weighted by Crippen LogP contribution is 2.57. The lowest BCUT2D eigenvalue weighted by molar-refractivity contribution is 0.0927. The molecule has 0 bridgehead atoms. The van der Waals surface area contributed by atoms with Gasteiger partial charge in [-0.25, -0.2) is 12.8 Å². The number of nitrogens with zero attached hydrogens (tertiary/aromatic N) is 1. The van der Waals surface area contributed by atoms with Crippen molar-refractivity contribution in [1.82, 2.24) is 0 Å². The van der Waals surface area contributed by atoms with Gasteiger partial charge < -0.3 is 0 Å². The van der Waals surface area contributed by atoms with Crippen molar-refractivity contribution in [2.45, 2.75) is 49.2 Å². The minimum absolute atomic E-state index is 0.0289. The summed E-state index contributed by atoms with van der Waals surface area (Å²) in [5.41, 5.74) is -0.0527. The fourth-order valence-corrected chi connectivity index (χ4v) is 5.14. The molecule has 0 saturated heterocycles. The van der Waals surface area contributed by atoms with Gasteiger partial charge in [0.25, 0.3) is 0 Å². The van der Waals surface area contributed by atoms with E-state index in [9.17, 15) is 18.1 Å². The van der Waals surface area contributed by atoms with Crippen LogP contribution in [0, 0.1) is 22.6 Å². The zero-order valence-electron chi connectivity index (χ0n) is 11.7. The average Bonchev–Trinajstić information content (AvgIpc) is 2.40. The van der Waals surface area contributed by atoms with Crippen LogP contribution in [-0.2, 0) is 9.84 Å². The van der Waals surface area contributed by atoms with Crippen molar-refractivity contribution in [3.63, 3.8) is 0 Å². The minimum Gasteiger partial charge on any atom is -0.222 e. The van der Waals surface area contributed by atoms with Gasteiger partial charge in [-0.15, -0.1) is 0 Å². The Morgan fingerprint density at radius 2 is 1.70 bits per heavy atom. The SMILES string of the molecule is CCC1(CC)CC(C#N)(S(=O)(=O)c2ccc(F)cc2)C1. The number of nitriles is 1. The molecule has 0 N–H and O–H groups in total. The van der Waals surface area contributed by atoms with Gasteiger partial charge in [-0.2, -0.15) is 5.26 Å². The van der Waals surface area contributed by atoms with E-state index in [1.165, 1.54) is 12.1 Å². The lowest BCUT2D eigenvalue weighted by Gasteiger charge is -2.51. The maximum atomic E-state index is 12.9. The summed E-state index contributed by atoms with van der Waals surface area (Å²) in [6.07, 6.45) is 2.46. The third-order valence-corrected chi connectivity index (χ3v) is 6.96. The predicted molar refractivity (Wildman–Crippen MR) is 74.2 cm³/mol. The van der Waals surface area contributed by atoms with Crippen LogP contribution in [0.4, 0.5) is 4.39 Å². The van der Waals surface area contributed by atoms with E-state index in [1.54, 1.807) is 0 Å². The first-order valence-electron chi connectivity index (χ1n) is 6.76. The van der Waals surface area contributed by atoms with Crippen LogP contribution in [0.25, 0.3) is 0 Å². The van der Waals surface area contributed by atoms with Gasteiger partial charge in [0, 0.05) is 0 Å². The molecule has 3 nitrogen and oxygen atoms in total. The smallest absolute Gasteiger partial charge is 0.197 e. The summed E-state index contributed by atoms with van der Waals surface area (Å²) in [7, 11) is -3.75. The minimum atomic E-state index is -3.75. The molecule has 1 aliphatic rings. The Kier molecular flexibility index (Phi) is 3.64. The molecule has 0 heterocycles. The van der Waals surface area contributed by atoms with E-state index in [4.69, 9.17) is 0 Å². The van der Waals surface area contributed by atoms with Crippen molar-refractivity contribution in [2.75, 3.05) is 0 Å². The molecule has 1 aliphatic carbocycles. The molecular weight excluding hydrogens is 277 g/mol. The molecule has 0 unspecified atom stereocenters. The summed E-state index contributed by atoms with van der Waals surface area (Å²) in [4.78, 5) is 0.0289. The quantitative estimate of drug-likeness (QED) is 0.799. The lowest BCUT2D eigenvalue weighted by atomic mass is 9.59. The Morgan fingerprint density at radius 1 is 1.20 bits per heavy atom. The summed E-state index contributed by atoms with van der Waals surface area (Å²) in [5.74, 6) is -0.486. The van der Waals surface area contributed by atoms with E-state index < -0.39 is 20.4 Å². The molecule has 0 aromatic heterocycles. The fraction of sp³-hybridized carbons (Fsp3) is 0.533. The number of rotatable bonds is 4. The molecule has 1 saturated carbocycles. The van der Waals surface area contributed by atoms with Gasteiger partial charge in [0.2, 0.25) is 0 Å². The Labute approximate surface area is 119 Å². The van der Waals surface area contributed by atoms with Crippen LogP contribution in [-0.4, -0.2) is 13.2 Å². The van der Waals surface area contributed by atoms with Crippen LogP contribution >= 0.6 is 0 Å². The number of sulfone groups is 1. The Bertz CT molecular complexity index is 631. The van der Waals surface area contributed by atoms with E-state index in [1.807, 2.05) is 19.9 Å². The van der Waals surface area contributed by atoms with Crippen LogP contribution in [0.1, 0.15) is 39.5 Å². The van der Waals surface area contributed by atoms with Crippen LogP contribution in [0.5, 0.6) is 0 Å². The third-order valence-electron chi connectivity index (χ3n) is 4.66. The van der Waals surface area contributed by atoms with Crippen molar-refractivity contribution in [3.8, 4) is 6.07 Å². The zero-order chi connectivity index (χ0) is 15.0. The summed E-state index contributed by atoms with van der Waals surface area (Å²) in [5, 5.41) is 9.41. The Morgan fingerprint density at radius 3 is 2.10 bits per heavy atom. The molecule has 0 amide bonds. The lowest BCUT2D eigenvalue weighted by Crippen LogP contribution is -2.55. The molecule has 1 aromatic carbocycles. The summed E-state index contributed by atoms with van der Waals surface area (Å²) >= 11 is 0. The number of hydrogen-bond acceptors (Lipinski definition) is 3. The first-order valence-corrected chi connectivity index (χ1v) is 8.24. The molecule has 0 radical (unpaired) electrons. The van der Waals surface area contributed by atoms with Crippen LogP contribution in [0.3, 0.4) is 0 Å². The standard InChI is InChI=1S/C15H18FNO2S/c1-3-14(4-2)9-15(10-14,11-17)20(18,19)13-7-5-12(16)6-8-13/h5-8H,3-4,9-10H2,1-2H3.